The molecule has 0 aromatic heterocycles. The van der Waals surface area contributed by atoms with Crippen molar-refractivity contribution in [3.05, 3.63) is 66.0 Å². The molecular weight excluding hydrogens is 314 g/mol. The Hall–Kier alpha value is -3.08. The number of hydrogen-bond donors (Lipinski definition) is 1. The minimum atomic E-state index is -0.173. The normalized spacial score (nSPS) is 16.0. The van der Waals surface area contributed by atoms with Gasteiger partial charge in [0.1, 0.15) is 5.82 Å². The van der Waals surface area contributed by atoms with Crippen LogP contribution in [0.3, 0.4) is 0 Å². The summed E-state index contributed by atoms with van der Waals surface area (Å²) >= 11 is 0. The first-order valence-corrected chi connectivity index (χ1v) is 8.36. The maximum Gasteiger partial charge on any atom is 0.229 e. The summed E-state index contributed by atoms with van der Waals surface area (Å²) in [6, 6.07) is 17.4. The van der Waals surface area contributed by atoms with E-state index in [1.165, 1.54) is 0 Å². The number of carbonyl (C=O) groups excluding carboxylic acids is 2. The Morgan fingerprint density at radius 1 is 1.04 bits per heavy atom. The largest absolute Gasteiger partial charge is 0.329 e. The fourth-order valence-electron chi connectivity index (χ4n) is 3.53. The minimum absolute atomic E-state index is 0.0501. The van der Waals surface area contributed by atoms with Crippen molar-refractivity contribution in [3.63, 3.8) is 0 Å². The van der Waals surface area contributed by atoms with E-state index in [1.807, 2.05) is 60.5 Å². The summed E-state index contributed by atoms with van der Waals surface area (Å²) in [5.74, 6) is 0.711. The van der Waals surface area contributed by atoms with Gasteiger partial charge in [0.05, 0.1) is 17.8 Å². The number of anilines is 3. The molecule has 0 spiro atoms. The van der Waals surface area contributed by atoms with Crippen LogP contribution in [0.1, 0.15) is 12.8 Å². The van der Waals surface area contributed by atoms with E-state index < -0.39 is 0 Å². The maximum absolute atomic E-state index is 12.5. The number of hydrogen-bond acceptors (Lipinski definition) is 4. The van der Waals surface area contributed by atoms with Crippen LogP contribution >= 0.6 is 0 Å². The molecule has 0 radical (unpaired) electrons. The van der Waals surface area contributed by atoms with Crippen molar-refractivity contribution in [1.82, 2.24) is 0 Å². The van der Waals surface area contributed by atoms with Gasteiger partial charge >= 0.3 is 0 Å². The number of nitrogens with one attached hydrogen (secondary N) is 1. The van der Waals surface area contributed by atoms with Crippen molar-refractivity contribution < 1.29 is 9.59 Å². The van der Waals surface area contributed by atoms with Gasteiger partial charge in [-0.3, -0.25) is 9.59 Å². The van der Waals surface area contributed by atoms with E-state index >= 15 is 0 Å². The summed E-state index contributed by atoms with van der Waals surface area (Å²) in [5, 5.41) is 2.86. The zero-order valence-corrected chi connectivity index (χ0v) is 14.0. The fourth-order valence-corrected chi connectivity index (χ4v) is 3.53. The number of rotatable bonds is 3. The molecule has 0 saturated heterocycles. The highest BCUT2D eigenvalue weighted by Crippen LogP contribution is 2.43. The second-order valence-corrected chi connectivity index (χ2v) is 6.27. The Kier molecular flexibility index (Phi) is 3.76. The van der Waals surface area contributed by atoms with Gasteiger partial charge in [0.15, 0.2) is 5.78 Å². The molecule has 1 amide bonds. The lowest BCUT2D eigenvalue weighted by Crippen LogP contribution is -2.36. The van der Waals surface area contributed by atoms with E-state index in [0.29, 0.717) is 18.5 Å². The average Bonchev–Trinajstić information content (AvgIpc) is 2.91. The third-order valence-electron chi connectivity index (χ3n) is 4.67. The van der Waals surface area contributed by atoms with E-state index in [9.17, 15) is 9.59 Å². The van der Waals surface area contributed by atoms with Gasteiger partial charge in [0, 0.05) is 31.3 Å². The van der Waals surface area contributed by atoms with E-state index in [4.69, 9.17) is 0 Å². The Labute approximate surface area is 146 Å². The van der Waals surface area contributed by atoms with Gasteiger partial charge in [-0.05, 0) is 24.3 Å². The second kappa shape index (κ2) is 6.09. The predicted molar refractivity (Wildman–Crippen MR) is 98.5 cm³/mol. The van der Waals surface area contributed by atoms with Gasteiger partial charge < -0.3 is 15.1 Å². The smallest absolute Gasteiger partial charge is 0.229 e. The van der Waals surface area contributed by atoms with Gasteiger partial charge in [0.2, 0.25) is 5.91 Å². The molecule has 2 heterocycles. The molecule has 0 bridgehead atoms. The second-order valence-electron chi connectivity index (χ2n) is 6.27. The van der Waals surface area contributed by atoms with Crippen LogP contribution in [0.5, 0.6) is 0 Å². The van der Waals surface area contributed by atoms with Gasteiger partial charge in [-0.2, -0.15) is 0 Å². The van der Waals surface area contributed by atoms with Gasteiger partial charge in [-0.1, -0.05) is 30.3 Å². The van der Waals surface area contributed by atoms with Crippen molar-refractivity contribution in [1.29, 1.82) is 0 Å². The maximum atomic E-state index is 12.5. The lowest BCUT2D eigenvalue weighted by molar-refractivity contribution is -0.119. The Morgan fingerprint density at radius 3 is 2.48 bits per heavy atom. The summed E-state index contributed by atoms with van der Waals surface area (Å²) in [5.41, 5.74) is 3.47. The SMILES string of the molecule is CN1C2=C(CC(=O)Nc3ccccc3)C(=O)CCN2c2ccccc21. The standard InChI is InChI=1S/C20H19N3O2/c1-22-16-9-5-6-10-17(16)23-12-11-18(24)15(20(22)23)13-19(25)21-14-7-3-2-4-8-14/h2-10H,11-13H2,1H3,(H,21,25). The minimum Gasteiger partial charge on any atom is -0.329 e. The number of para-hydroxylation sites is 3. The molecule has 5 nitrogen and oxygen atoms in total. The van der Waals surface area contributed by atoms with Crippen LogP contribution in [0.4, 0.5) is 17.1 Å². The average molecular weight is 333 g/mol. The summed E-state index contributed by atoms with van der Waals surface area (Å²) in [6.45, 7) is 0.652. The van der Waals surface area contributed by atoms with Crippen molar-refractivity contribution >= 4 is 28.8 Å². The van der Waals surface area contributed by atoms with Gasteiger partial charge in [-0.25, -0.2) is 0 Å². The molecule has 2 aliphatic rings. The Bertz CT molecular complexity index is 874. The topological polar surface area (TPSA) is 52.7 Å². The molecule has 2 aliphatic heterocycles. The van der Waals surface area contributed by atoms with Crippen molar-refractivity contribution in [2.75, 3.05) is 28.7 Å². The highest BCUT2D eigenvalue weighted by Gasteiger charge is 2.37. The lowest BCUT2D eigenvalue weighted by Gasteiger charge is -2.29. The molecular formula is C20H19N3O2. The number of fused-ring (bicyclic) bond motifs is 3. The van der Waals surface area contributed by atoms with E-state index in [2.05, 4.69) is 16.3 Å². The monoisotopic (exact) mass is 333 g/mol. The summed E-state index contributed by atoms with van der Waals surface area (Å²) in [7, 11) is 1.95. The van der Waals surface area contributed by atoms with Crippen LogP contribution in [0.2, 0.25) is 0 Å². The van der Waals surface area contributed by atoms with Crippen LogP contribution in [0.25, 0.3) is 0 Å². The molecule has 25 heavy (non-hydrogen) atoms. The molecule has 1 N–H and O–H groups in total. The first kappa shape index (κ1) is 15.4. The van der Waals surface area contributed by atoms with Crippen LogP contribution in [0.15, 0.2) is 66.0 Å². The summed E-state index contributed by atoms with van der Waals surface area (Å²) in [6.07, 6.45) is 0.511. The Balaban J connectivity index is 1.65. The molecule has 5 heteroatoms. The molecule has 126 valence electrons. The van der Waals surface area contributed by atoms with E-state index in [-0.39, 0.29) is 18.1 Å². The first-order valence-electron chi connectivity index (χ1n) is 8.36. The van der Waals surface area contributed by atoms with Crippen LogP contribution < -0.4 is 15.1 Å². The third kappa shape index (κ3) is 2.67. The lowest BCUT2D eigenvalue weighted by atomic mass is 10.00. The Morgan fingerprint density at radius 2 is 1.72 bits per heavy atom. The summed E-state index contributed by atoms with van der Waals surface area (Å²) in [4.78, 5) is 29.1. The van der Waals surface area contributed by atoms with Crippen LogP contribution in [-0.4, -0.2) is 25.3 Å². The number of carbonyl (C=O) groups is 2. The number of amides is 1. The van der Waals surface area contributed by atoms with E-state index in [0.717, 1.165) is 22.9 Å². The van der Waals surface area contributed by atoms with Gasteiger partial charge in [-0.15, -0.1) is 0 Å². The molecule has 2 aromatic carbocycles. The highest BCUT2D eigenvalue weighted by atomic mass is 16.2. The quantitative estimate of drug-likeness (QED) is 0.937. The molecule has 0 atom stereocenters. The zero-order valence-electron chi connectivity index (χ0n) is 14.0. The van der Waals surface area contributed by atoms with Gasteiger partial charge in [0.25, 0.3) is 0 Å². The summed E-state index contributed by atoms with van der Waals surface area (Å²) < 4.78 is 0. The molecule has 0 aliphatic carbocycles. The third-order valence-corrected chi connectivity index (χ3v) is 4.67. The number of Topliss-reactive ketones (excluding diaryl/α,β-unsaturated/α-hetero) is 1. The molecule has 4 rings (SSSR count). The van der Waals surface area contributed by atoms with Crippen molar-refractivity contribution in [2.45, 2.75) is 12.8 Å². The molecule has 0 saturated carbocycles. The van der Waals surface area contributed by atoms with E-state index in [1.54, 1.807) is 0 Å². The first-order chi connectivity index (χ1) is 12.1. The molecule has 0 unspecified atom stereocenters. The predicted octanol–water partition coefficient (Wildman–Crippen LogP) is 3.16. The molecule has 0 fully saturated rings. The number of ketones is 1. The van der Waals surface area contributed by atoms with Crippen molar-refractivity contribution in [2.24, 2.45) is 0 Å². The zero-order chi connectivity index (χ0) is 17.4. The fraction of sp³-hybridized carbons (Fsp3) is 0.200. The number of benzene rings is 2. The molecule has 2 aromatic rings. The highest BCUT2D eigenvalue weighted by molar-refractivity contribution is 6.07. The van der Waals surface area contributed by atoms with Crippen molar-refractivity contribution in [3.8, 4) is 0 Å². The van der Waals surface area contributed by atoms with Crippen LogP contribution in [-0.2, 0) is 9.59 Å². The van der Waals surface area contributed by atoms with Crippen LogP contribution in [0, 0.1) is 0 Å². The number of nitrogens with zero attached hydrogens (tertiary/aromatic N) is 2.